The Hall–Kier alpha value is -1.64. The van der Waals surface area contributed by atoms with E-state index >= 15 is 0 Å². The van der Waals surface area contributed by atoms with Crippen LogP contribution in [0.4, 0.5) is 0 Å². The highest BCUT2D eigenvalue weighted by Gasteiger charge is 2.16. The van der Waals surface area contributed by atoms with Crippen LogP contribution in [0.1, 0.15) is 38.5 Å². The van der Waals surface area contributed by atoms with Gasteiger partial charge in [0.25, 0.3) is 0 Å². The van der Waals surface area contributed by atoms with Crippen LogP contribution in [0.25, 0.3) is 0 Å². The standard InChI is InChI=1S/C12H19N5O3S/c18-10(13-9-4-2-1-3-5-9)6-7-21-12-14-15-16-17(12)8-11(19)20/h9H,1-8H2,(H,13,18)(H,19,20). The Labute approximate surface area is 126 Å². The molecule has 2 rings (SSSR count). The average molecular weight is 313 g/mol. The fourth-order valence-electron chi connectivity index (χ4n) is 2.31. The molecule has 0 spiro atoms. The van der Waals surface area contributed by atoms with Gasteiger partial charge in [0, 0.05) is 18.2 Å². The number of aromatic nitrogens is 4. The highest BCUT2D eigenvalue weighted by molar-refractivity contribution is 7.99. The lowest BCUT2D eigenvalue weighted by atomic mass is 9.95. The molecule has 0 radical (unpaired) electrons. The Kier molecular flexibility index (Phi) is 5.97. The lowest BCUT2D eigenvalue weighted by molar-refractivity contribution is -0.138. The van der Waals surface area contributed by atoms with Crippen LogP contribution in [0.15, 0.2) is 5.16 Å². The lowest BCUT2D eigenvalue weighted by Crippen LogP contribution is -2.36. The summed E-state index contributed by atoms with van der Waals surface area (Å²) in [6.45, 7) is -0.274. The number of carbonyl (C=O) groups excluding carboxylic acids is 1. The minimum absolute atomic E-state index is 0.0339. The van der Waals surface area contributed by atoms with Crippen molar-refractivity contribution >= 4 is 23.6 Å². The van der Waals surface area contributed by atoms with Crippen LogP contribution in [0.5, 0.6) is 0 Å². The van der Waals surface area contributed by atoms with E-state index in [-0.39, 0.29) is 12.5 Å². The number of carboxylic acids is 1. The predicted octanol–water partition coefficient (Wildman–Crippen LogP) is 0.689. The summed E-state index contributed by atoms with van der Waals surface area (Å²) < 4.78 is 1.21. The fraction of sp³-hybridized carbons (Fsp3) is 0.750. The first-order valence-electron chi connectivity index (χ1n) is 7.05. The van der Waals surface area contributed by atoms with E-state index in [1.807, 2.05) is 0 Å². The number of rotatable bonds is 7. The van der Waals surface area contributed by atoms with Gasteiger partial charge in [0.15, 0.2) is 0 Å². The molecular formula is C12H19N5O3S. The van der Waals surface area contributed by atoms with Crippen molar-refractivity contribution in [2.75, 3.05) is 5.75 Å². The predicted molar refractivity (Wildman–Crippen MR) is 75.8 cm³/mol. The third kappa shape index (κ3) is 5.33. The molecule has 8 nitrogen and oxygen atoms in total. The molecule has 1 heterocycles. The van der Waals surface area contributed by atoms with E-state index in [1.54, 1.807) is 0 Å². The third-order valence-electron chi connectivity index (χ3n) is 3.31. The molecule has 0 saturated heterocycles. The van der Waals surface area contributed by atoms with Gasteiger partial charge in [-0.25, -0.2) is 4.68 Å². The summed E-state index contributed by atoms with van der Waals surface area (Å²) in [5.74, 6) is -0.440. The summed E-state index contributed by atoms with van der Waals surface area (Å²) in [6, 6.07) is 0.313. The molecule has 1 aromatic rings. The maximum Gasteiger partial charge on any atom is 0.325 e. The molecule has 0 unspecified atom stereocenters. The van der Waals surface area contributed by atoms with Crippen molar-refractivity contribution in [2.45, 2.75) is 56.3 Å². The maximum absolute atomic E-state index is 11.8. The lowest BCUT2D eigenvalue weighted by Gasteiger charge is -2.22. The molecule has 1 aliphatic carbocycles. The summed E-state index contributed by atoms with van der Waals surface area (Å²) in [6.07, 6.45) is 6.13. The zero-order valence-corrected chi connectivity index (χ0v) is 12.5. The summed E-state index contributed by atoms with van der Waals surface area (Å²) in [5.41, 5.74) is 0. The van der Waals surface area contributed by atoms with Gasteiger partial charge < -0.3 is 10.4 Å². The zero-order chi connectivity index (χ0) is 15.1. The van der Waals surface area contributed by atoms with Crippen molar-refractivity contribution in [1.29, 1.82) is 0 Å². The molecule has 2 N–H and O–H groups in total. The SMILES string of the molecule is O=C(O)Cn1nnnc1SCCC(=O)NC1CCCCC1. The molecule has 116 valence electrons. The van der Waals surface area contributed by atoms with Gasteiger partial charge in [0.1, 0.15) is 6.54 Å². The molecule has 0 bridgehead atoms. The molecule has 21 heavy (non-hydrogen) atoms. The highest BCUT2D eigenvalue weighted by Crippen LogP contribution is 2.18. The van der Waals surface area contributed by atoms with Crippen molar-refractivity contribution in [3.63, 3.8) is 0 Å². The molecule has 0 aromatic carbocycles. The van der Waals surface area contributed by atoms with Crippen LogP contribution < -0.4 is 5.32 Å². The largest absolute Gasteiger partial charge is 0.480 e. The van der Waals surface area contributed by atoms with E-state index in [4.69, 9.17) is 5.11 Å². The molecule has 1 aromatic heterocycles. The topological polar surface area (TPSA) is 110 Å². The van der Waals surface area contributed by atoms with Crippen LogP contribution in [0, 0.1) is 0 Å². The normalized spacial score (nSPS) is 15.8. The van der Waals surface area contributed by atoms with Gasteiger partial charge in [-0.05, 0) is 23.3 Å². The number of thioether (sulfide) groups is 1. The van der Waals surface area contributed by atoms with Gasteiger partial charge in [0.2, 0.25) is 11.1 Å². The van der Waals surface area contributed by atoms with Crippen LogP contribution in [-0.2, 0) is 16.1 Å². The van der Waals surface area contributed by atoms with E-state index in [2.05, 4.69) is 20.8 Å². The zero-order valence-electron chi connectivity index (χ0n) is 11.7. The smallest absolute Gasteiger partial charge is 0.325 e. The second kappa shape index (κ2) is 7.96. The Bertz CT molecular complexity index is 487. The van der Waals surface area contributed by atoms with E-state index in [0.717, 1.165) is 12.8 Å². The van der Waals surface area contributed by atoms with Crippen molar-refractivity contribution in [3.8, 4) is 0 Å². The van der Waals surface area contributed by atoms with E-state index < -0.39 is 5.97 Å². The van der Waals surface area contributed by atoms with Gasteiger partial charge in [-0.1, -0.05) is 31.0 Å². The van der Waals surface area contributed by atoms with Gasteiger partial charge >= 0.3 is 5.97 Å². The van der Waals surface area contributed by atoms with Gasteiger partial charge in [-0.15, -0.1) is 5.10 Å². The van der Waals surface area contributed by atoms with Crippen LogP contribution >= 0.6 is 11.8 Å². The van der Waals surface area contributed by atoms with Gasteiger partial charge in [0.05, 0.1) is 0 Å². The maximum atomic E-state index is 11.8. The number of hydrogen-bond acceptors (Lipinski definition) is 6. The average Bonchev–Trinajstić information content (AvgIpc) is 2.86. The number of hydrogen-bond donors (Lipinski definition) is 2. The first-order valence-corrected chi connectivity index (χ1v) is 8.04. The number of carboxylic acid groups (broad SMARTS) is 1. The molecule has 1 saturated carbocycles. The minimum Gasteiger partial charge on any atom is -0.480 e. The second-order valence-corrected chi connectivity index (χ2v) is 6.08. The monoisotopic (exact) mass is 313 g/mol. The Balaban J connectivity index is 1.70. The summed E-state index contributed by atoms with van der Waals surface area (Å²) in [4.78, 5) is 22.5. The van der Waals surface area contributed by atoms with Crippen molar-refractivity contribution in [3.05, 3.63) is 0 Å². The molecule has 0 atom stereocenters. The first kappa shape index (κ1) is 15.7. The molecule has 0 aliphatic heterocycles. The van der Waals surface area contributed by atoms with E-state index in [1.165, 1.54) is 35.7 Å². The van der Waals surface area contributed by atoms with E-state index in [0.29, 0.717) is 23.4 Å². The number of nitrogens with one attached hydrogen (secondary N) is 1. The Morgan fingerprint density at radius 3 is 2.81 bits per heavy atom. The molecular weight excluding hydrogens is 294 g/mol. The molecule has 1 fully saturated rings. The number of aliphatic carboxylic acids is 1. The van der Waals surface area contributed by atoms with Crippen LogP contribution in [-0.4, -0.2) is 49.0 Å². The van der Waals surface area contributed by atoms with Crippen molar-refractivity contribution in [1.82, 2.24) is 25.5 Å². The quantitative estimate of drug-likeness (QED) is 0.712. The minimum atomic E-state index is -1.00. The molecule has 9 heteroatoms. The number of nitrogens with zero attached hydrogens (tertiary/aromatic N) is 4. The highest BCUT2D eigenvalue weighted by atomic mass is 32.2. The molecule has 1 aliphatic rings. The van der Waals surface area contributed by atoms with Gasteiger partial charge in [-0.3, -0.25) is 9.59 Å². The van der Waals surface area contributed by atoms with Crippen molar-refractivity contribution in [2.24, 2.45) is 0 Å². The third-order valence-corrected chi connectivity index (χ3v) is 4.27. The van der Waals surface area contributed by atoms with Crippen LogP contribution in [0.2, 0.25) is 0 Å². The number of amides is 1. The van der Waals surface area contributed by atoms with Gasteiger partial charge in [-0.2, -0.15) is 0 Å². The van der Waals surface area contributed by atoms with Crippen LogP contribution in [0.3, 0.4) is 0 Å². The number of carbonyl (C=O) groups is 2. The fourth-order valence-corrected chi connectivity index (χ4v) is 3.12. The summed E-state index contributed by atoms with van der Waals surface area (Å²) in [5, 5.41) is 23.0. The number of tetrazole rings is 1. The Morgan fingerprint density at radius 1 is 1.33 bits per heavy atom. The summed E-state index contributed by atoms with van der Waals surface area (Å²) >= 11 is 1.29. The van der Waals surface area contributed by atoms with Crippen molar-refractivity contribution < 1.29 is 14.7 Å². The van der Waals surface area contributed by atoms with E-state index in [9.17, 15) is 9.59 Å². The molecule has 1 amide bonds. The Morgan fingerprint density at radius 2 is 2.10 bits per heavy atom. The summed E-state index contributed by atoms with van der Waals surface area (Å²) in [7, 11) is 0. The second-order valence-electron chi connectivity index (χ2n) is 5.01. The first-order chi connectivity index (χ1) is 10.1.